The van der Waals surface area contributed by atoms with E-state index in [1.54, 1.807) is 12.1 Å². The average Bonchev–Trinajstić information content (AvgIpc) is 3.20. The number of aryl methyl sites for hydroxylation is 1. The van der Waals surface area contributed by atoms with Crippen LogP contribution < -0.4 is 10.6 Å². The highest BCUT2D eigenvalue weighted by molar-refractivity contribution is 5.98. The maximum atomic E-state index is 12.2. The van der Waals surface area contributed by atoms with E-state index in [0.717, 1.165) is 11.1 Å². The Morgan fingerprint density at radius 3 is 2.45 bits per heavy atom. The molecule has 2 amide bonds. The molecule has 2 N–H and O–H groups in total. The number of carbonyl (C=O) groups excluding carboxylic acids is 2. The van der Waals surface area contributed by atoms with E-state index in [-0.39, 0.29) is 23.9 Å². The lowest BCUT2D eigenvalue weighted by atomic mass is 10.1. The van der Waals surface area contributed by atoms with E-state index in [0.29, 0.717) is 17.0 Å². The average molecular weight is 393 g/mol. The Kier molecular flexibility index (Phi) is 5.73. The number of nitrogens with zero attached hydrogens (tertiary/aromatic N) is 1. The molecule has 0 bridgehead atoms. The van der Waals surface area contributed by atoms with Crippen molar-refractivity contribution in [2.75, 3.05) is 11.9 Å². The topological polar surface area (TPSA) is 114 Å². The third kappa shape index (κ3) is 4.67. The largest absolute Gasteiger partial charge is 0.451 e. The van der Waals surface area contributed by atoms with Crippen LogP contribution in [0.1, 0.15) is 21.7 Å². The summed E-state index contributed by atoms with van der Waals surface area (Å²) in [6.45, 7) is 3.65. The number of nitrogens with one attached hydrogen (secondary N) is 2. The second kappa shape index (κ2) is 8.39. The first kappa shape index (κ1) is 19.8. The summed E-state index contributed by atoms with van der Waals surface area (Å²) < 4.78 is 5.50. The van der Waals surface area contributed by atoms with Crippen molar-refractivity contribution in [1.82, 2.24) is 5.32 Å². The number of carbonyl (C=O) groups is 2. The number of furan rings is 1. The van der Waals surface area contributed by atoms with E-state index in [1.807, 2.05) is 26.0 Å². The summed E-state index contributed by atoms with van der Waals surface area (Å²) in [7, 11) is 0. The maximum Gasteiger partial charge on any atom is 0.287 e. The number of rotatable bonds is 6. The molecule has 8 heteroatoms. The Balaban J connectivity index is 1.59. The fourth-order valence-corrected chi connectivity index (χ4v) is 2.69. The first-order valence-electron chi connectivity index (χ1n) is 8.84. The van der Waals surface area contributed by atoms with Crippen LogP contribution in [0.2, 0.25) is 0 Å². The van der Waals surface area contributed by atoms with Gasteiger partial charge in [-0.05, 0) is 55.3 Å². The lowest BCUT2D eigenvalue weighted by Crippen LogP contribution is -2.32. The van der Waals surface area contributed by atoms with E-state index < -0.39 is 10.8 Å². The second-order valence-electron chi connectivity index (χ2n) is 6.45. The SMILES string of the molecule is Cc1cccc(NC(=O)CNC(=O)c2ccc(-c3ccc([N+](=O)[O-])cc3)o2)c1C. The van der Waals surface area contributed by atoms with Gasteiger partial charge in [0.2, 0.25) is 5.91 Å². The van der Waals surface area contributed by atoms with Crippen LogP contribution in [-0.4, -0.2) is 23.3 Å². The summed E-state index contributed by atoms with van der Waals surface area (Å²) in [5, 5.41) is 16.0. The summed E-state index contributed by atoms with van der Waals surface area (Å²) in [5.74, 6) is -0.453. The lowest BCUT2D eigenvalue weighted by Gasteiger charge is -2.10. The zero-order chi connectivity index (χ0) is 21.0. The van der Waals surface area contributed by atoms with Gasteiger partial charge in [0, 0.05) is 23.4 Å². The molecule has 0 fully saturated rings. The van der Waals surface area contributed by atoms with Crippen LogP contribution in [0.4, 0.5) is 11.4 Å². The number of nitro groups is 1. The molecule has 29 heavy (non-hydrogen) atoms. The van der Waals surface area contributed by atoms with Gasteiger partial charge in [0.15, 0.2) is 5.76 Å². The summed E-state index contributed by atoms with van der Waals surface area (Å²) in [4.78, 5) is 34.6. The predicted octanol–water partition coefficient (Wildman–Crippen LogP) is 3.84. The normalized spacial score (nSPS) is 10.4. The van der Waals surface area contributed by atoms with Crippen LogP contribution in [0.3, 0.4) is 0 Å². The second-order valence-corrected chi connectivity index (χ2v) is 6.45. The Hall–Kier alpha value is -3.94. The molecule has 1 heterocycles. The Morgan fingerprint density at radius 2 is 1.76 bits per heavy atom. The van der Waals surface area contributed by atoms with E-state index >= 15 is 0 Å². The fourth-order valence-electron chi connectivity index (χ4n) is 2.69. The summed E-state index contributed by atoms with van der Waals surface area (Å²) in [6.07, 6.45) is 0. The number of amides is 2. The fraction of sp³-hybridized carbons (Fsp3) is 0.143. The molecule has 1 aromatic heterocycles. The van der Waals surface area contributed by atoms with Crippen LogP contribution in [0, 0.1) is 24.0 Å². The third-order valence-corrected chi connectivity index (χ3v) is 4.48. The third-order valence-electron chi connectivity index (χ3n) is 4.48. The smallest absolute Gasteiger partial charge is 0.287 e. The molecular formula is C21H19N3O5. The van der Waals surface area contributed by atoms with Gasteiger partial charge < -0.3 is 15.1 Å². The molecule has 0 radical (unpaired) electrons. The van der Waals surface area contributed by atoms with E-state index in [9.17, 15) is 19.7 Å². The minimum absolute atomic E-state index is 0.0341. The first-order chi connectivity index (χ1) is 13.8. The van der Waals surface area contributed by atoms with Gasteiger partial charge in [0.05, 0.1) is 11.5 Å². The number of hydrogen-bond donors (Lipinski definition) is 2. The molecule has 8 nitrogen and oxygen atoms in total. The number of nitro benzene ring substituents is 1. The summed E-state index contributed by atoms with van der Waals surface area (Å²) >= 11 is 0. The van der Waals surface area contributed by atoms with Crippen molar-refractivity contribution in [2.24, 2.45) is 0 Å². The molecule has 148 valence electrons. The van der Waals surface area contributed by atoms with Gasteiger partial charge >= 0.3 is 0 Å². The molecule has 0 saturated heterocycles. The molecule has 3 rings (SSSR count). The van der Waals surface area contributed by atoms with E-state index in [4.69, 9.17) is 4.42 Å². The number of anilines is 1. The van der Waals surface area contributed by atoms with Crippen molar-refractivity contribution in [3.05, 3.63) is 81.6 Å². The van der Waals surface area contributed by atoms with E-state index in [2.05, 4.69) is 10.6 Å². The number of non-ortho nitro benzene ring substituents is 1. The lowest BCUT2D eigenvalue weighted by molar-refractivity contribution is -0.384. The minimum Gasteiger partial charge on any atom is -0.451 e. The van der Waals surface area contributed by atoms with Gasteiger partial charge in [-0.25, -0.2) is 0 Å². The van der Waals surface area contributed by atoms with Crippen molar-refractivity contribution in [3.8, 4) is 11.3 Å². The Morgan fingerprint density at radius 1 is 1.03 bits per heavy atom. The van der Waals surface area contributed by atoms with Gasteiger partial charge in [-0.15, -0.1) is 0 Å². The van der Waals surface area contributed by atoms with Crippen molar-refractivity contribution in [3.63, 3.8) is 0 Å². The van der Waals surface area contributed by atoms with E-state index in [1.165, 1.54) is 30.3 Å². The number of hydrogen-bond acceptors (Lipinski definition) is 5. The molecule has 3 aromatic rings. The van der Waals surface area contributed by atoms with Crippen molar-refractivity contribution >= 4 is 23.2 Å². The summed E-state index contributed by atoms with van der Waals surface area (Å²) in [6, 6.07) is 14.5. The van der Waals surface area contributed by atoms with Gasteiger partial charge in [-0.2, -0.15) is 0 Å². The van der Waals surface area contributed by atoms with Gasteiger partial charge in [0.1, 0.15) is 5.76 Å². The highest BCUT2D eigenvalue weighted by Crippen LogP contribution is 2.24. The predicted molar refractivity (Wildman–Crippen MR) is 108 cm³/mol. The molecular weight excluding hydrogens is 374 g/mol. The van der Waals surface area contributed by atoms with Crippen molar-refractivity contribution < 1.29 is 18.9 Å². The molecule has 0 atom stereocenters. The molecule has 0 aliphatic carbocycles. The molecule has 0 aliphatic rings. The van der Waals surface area contributed by atoms with Crippen LogP contribution >= 0.6 is 0 Å². The molecule has 0 spiro atoms. The molecule has 2 aromatic carbocycles. The van der Waals surface area contributed by atoms with Crippen molar-refractivity contribution in [2.45, 2.75) is 13.8 Å². The Labute approximate surface area is 166 Å². The summed E-state index contributed by atoms with van der Waals surface area (Å²) in [5.41, 5.74) is 3.28. The Bertz CT molecular complexity index is 1070. The van der Waals surface area contributed by atoms with Gasteiger partial charge in [-0.3, -0.25) is 19.7 Å². The molecule has 0 unspecified atom stereocenters. The standard InChI is InChI=1S/C21H19N3O5/c1-13-4-3-5-17(14(13)2)23-20(25)12-22-21(26)19-11-10-18(29-19)15-6-8-16(9-7-15)24(27)28/h3-11H,12H2,1-2H3,(H,22,26)(H,23,25). The van der Waals surface area contributed by atoms with Crippen LogP contribution in [0.15, 0.2) is 59.0 Å². The van der Waals surface area contributed by atoms with Gasteiger partial charge in [0.25, 0.3) is 11.6 Å². The van der Waals surface area contributed by atoms with Crippen molar-refractivity contribution in [1.29, 1.82) is 0 Å². The van der Waals surface area contributed by atoms with Crippen LogP contribution in [0.5, 0.6) is 0 Å². The quantitative estimate of drug-likeness (QED) is 0.488. The first-order valence-corrected chi connectivity index (χ1v) is 8.84. The molecule has 0 aliphatic heterocycles. The highest BCUT2D eigenvalue weighted by atomic mass is 16.6. The molecule has 0 saturated carbocycles. The highest BCUT2D eigenvalue weighted by Gasteiger charge is 2.15. The number of benzene rings is 2. The van der Waals surface area contributed by atoms with Gasteiger partial charge in [-0.1, -0.05) is 12.1 Å². The van der Waals surface area contributed by atoms with Crippen LogP contribution in [-0.2, 0) is 4.79 Å². The minimum atomic E-state index is -0.533. The maximum absolute atomic E-state index is 12.2. The van der Waals surface area contributed by atoms with Crippen LogP contribution in [0.25, 0.3) is 11.3 Å². The zero-order valence-electron chi connectivity index (χ0n) is 15.9. The monoisotopic (exact) mass is 393 g/mol. The zero-order valence-corrected chi connectivity index (χ0v) is 15.9.